The van der Waals surface area contributed by atoms with Crippen LogP contribution in [0.1, 0.15) is 30.7 Å². The van der Waals surface area contributed by atoms with E-state index in [0.29, 0.717) is 17.5 Å². The van der Waals surface area contributed by atoms with E-state index in [9.17, 15) is 0 Å². The van der Waals surface area contributed by atoms with Crippen molar-refractivity contribution < 1.29 is 0 Å². The molecule has 4 nitrogen and oxygen atoms in total. The number of hydrogen-bond donors (Lipinski definition) is 0. The molecule has 0 fully saturated rings. The Labute approximate surface area is 304 Å². The molecule has 1 aliphatic rings. The Kier molecular flexibility index (Phi) is 7.66. The number of pyridine rings is 1. The van der Waals surface area contributed by atoms with Gasteiger partial charge in [-0.25, -0.2) is 15.0 Å². The standard InChI is InChI=1S/C48H36N4/c1-31-21-22-37(30-49-31)34-17-12-18-35(25-34)38-26-39(36-23-24-44-42(29-36)41-19-10-11-20-43(41)48(44,2)3)28-40(27-38)47-51-45(32-13-6-4-7-14-32)50-46(52-47)33-15-8-5-9-16-33/h4-30H,1-3H3. The minimum Gasteiger partial charge on any atom is -0.261 e. The molecule has 52 heavy (non-hydrogen) atoms. The molecule has 4 heteroatoms. The zero-order chi connectivity index (χ0) is 35.2. The lowest BCUT2D eigenvalue weighted by Gasteiger charge is -2.21. The van der Waals surface area contributed by atoms with Gasteiger partial charge in [-0.15, -0.1) is 0 Å². The summed E-state index contributed by atoms with van der Waals surface area (Å²) in [5, 5.41) is 0. The molecule has 0 unspecified atom stereocenters. The molecule has 248 valence electrons. The summed E-state index contributed by atoms with van der Waals surface area (Å²) in [6.07, 6.45) is 1.95. The van der Waals surface area contributed by atoms with Gasteiger partial charge in [0.15, 0.2) is 17.5 Å². The molecule has 2 heterocycles. The van der Waals surface area contributed by atoms with Crippen LogP contribution in [0.2, 0.25) is 0 Å². The van der Waals surface area contributed by atoms with Crippen LogP contribution >= 0.6 is 0 Å². The van der Waals surface area contributed by atoms with Gasteiger partial charge in [-0.3, -0.25) is 4.98 Å². The molecular formula is C48H36N4. The Bertz CT molecular complexity index is 2530. The van der Waals surface area contributed by atoms with E-state index in [1.807, 2.05) is 73.8 Å². The second kappa shape index (κ2) is 12.7. The van der Waals surface area contributed by atoms with Gasteiger partial charge >= 0.3 is 0 Å². The normalized spacial score (nSPS) is 12.7. The maximum absolute atomic E-state index is 5.12. The van der Waals surface area contributed by atoms with Gasteiger partial charge in [-0.05, 0) is 93.4 Å². The number of benzene rings is 6. The maximum atomic E-state index is 5.12. The van der Waals surface area contributed by atoms with Crippen molar-refractivity contribution >= 4 is 0 Å². The Morgan fingerprint density at radius 3 is 1.48 bits per heavy atom. The van der Waals surface area contributed by atoms with E-state index in [2.05, 4.69) is 116 Å². The zero-order valence-electron chi connectivity index (χ0n) is 29.4. The van der Waals surface area contributed by atoms with Crippen molar-refractivity contribution in [2.24, 2.45) is 0 Å². The highest BCUT2D eigenvalue weighted by atomic mass is 15.0. The molecule has 0 N–H and O–H groups in total. The SMILES string of the molecule is Cc1ccc(-c2cccc(-c3cc(-c4ccc5c(c4)-c4ccccc4C5(C)C)cc(-c4nc(-c5ccccc5)nc(-c5ccccc5)n4)c3)c2)cn1. The second-order valence-electron chi connectivity index (χ2n) is 14.0. The first kappa shape index (κ1) is 31.5. The van der Waals surface area contributed by atoms with Crippen LogP contribution in [0.5, 0.6) is 0 Å². The number of fused-ring (bicyclic) bond motifs is 3. The van der Waals surface area contributed by atoms with Gasteiger partial charge in [-0.2, -0.15) is 0 Å². The third kappa shape index (κ3) is 5.69. The molecule has 0 amide bonds. The summed E-state index contributed by atoms with van der Waals surface area (Å²) in [5.74, 6) is 1.91. The fourth-order valence-electron chi connectivity index (χ4n) is 7.44. The van der Waals surface area contributed by atoms with Crippen LogP contribution in [0.25, 0.3) is 78.7 Å². The van der Waals surface area contributed by atoms with Crippen LogP contribution < -0.4 is 0 Å². The fourth-order valence-corrected chi connectivity index (χ4v) is 7.44. The number of nitrogens with zero attached hydrogens (tertiary/aromatic N) is 4. The van der Waals surface area contributed by atoms with Crippen molar-refractivity contribution in [2.75, 3.05) is 0 Å². The van der Waals surface area contributed by atoms with Gasteiger partial charge in [0.2, 0.25) is 0 Å². The van der Waals surface area contributed by atoms with Crippen LogP contribution in [0, 0.1) is 6.92 Å². The van der Waals surface area contributed by atoms with Crippen LogP contribution in [0.4, 0.5) is 0 Å². The van der Waals surface area contributed by atoms with E-state index >= 15 is 0 Å². The zero-order valence-corrected chi connectivity index (χ0v) is 29.4. The van der Waals surface area contributed by atoms with E-state index < -0.39 is 0 Å². The fraction of sp³-hybridized carbons (Fsp3) is 0.0833. The van der Waals surface area contributed by atoms with Gasteiger partial charge in [0.1, 0.15) is 0 Å². The highest BCUT2D eigenvalue weighted by molar-refractivity contribution is 5.87. The summed E-state index contributed by atoms with van der Waals surface area (Å²) in [5.41, 5.74) is 15.7. The van der Waals surface area contributed by atoms with Crippen molar-refractivity contribution in [3.05, 3.63) is 181 Å². The summed E-state index contributed by atoms with van der Waals surface area (Å²) in [6, 6.07) is 55.6. The van der Waals surface area contributed by atoms with Gasteiger partial charge in [0.25, 0.3) is 0 Å². The Morgan fingerprint density at radius 2 is 0.846 bits per heavy atom. The number of aryl methyl sites for hydroxylation is 1. The van der Waals surface area contributed by atoms with Crippen LogP contribution in [0.3, 0.4) is 0 Å². The summed E-state index contributed by atoms with van der Waals surface area (Å²) in [6.45, 7) is 6.66. The number of hydrogen-bond acceptors (Lipinski definition) is 4. The van der Waals surface area contributed by atoms with Crippen molar-refractivity contribution in [3.8, 4) is 78.7 Å². The lowest BCUT2D eigenvalue weighted by atomic mass is 9.82. The van der Waals surface area contributed by atoms with E-state index in [-0.39, 0.29) is 5.41 Å². The third-order valence-corrected chi connectivity index (χ3v) is 10.2. The lowest BCUT2D eigenvalue weighted by molar-refractivity contribution is 0.660. The predicted octanol–water partition coefficient (Wildman–Crippen LogP) is 11.9. The van der Waals surface area contributed by atoms with Gasteiger partial charge in [-0.1, -0.05) is 135 Å². The number of aromatic nitrogens is 4. The molecule has 1 aliphatic carbocycles. The minimum absolute atomic E-state index is 0.0602. The van der Waals surface area contributed by atoms with Gasteiger partial charge < -0.3 is 0 Å². The Morgan fingerprint density at radius 1 is 0.365 bits per heavy atom. The van der Waals surface area contributed by atoms with E-state index in [1.165, 1.54) is 22.3 Å². The van der Waals surface area contributed by atoms with Crippen molar-refractivity contribution in [1.29, 1.82) is 0 Å². The first-order valence-corrected chi connectivity index (χ1v) is 17.7. The second-order valence-corrected chi connectivity index (χ2v) is 14.0. The minimum atomic E-state index is -0.0602. The Hall–Kier alpha value is -6.52. The molecular weight excluding hydrogens is 633 g/mol. The molecule has 0 bridgehead atoms. The average molecular weight is 669 g/mol. The molecule has 0 saturated heterocycles. The maximum Gasteiger partial charge on any atom is 0.164 e. The predicted molar refractivity (Wildman–Crippen MR) is 213 cm³/mol. The summed E-state index contributed by atoms with van der Waals surface area (Å²) >= 11 is 0. The van der Waals surface area contributed by atoms with Crippen molar-refractivity contribution in [2.45, 2.75) is 26.2 Å². The summed E-state index contributed by atoms with van der Waals surface area (Å²) < 4.78 is 0. The first-order chi connectivity index (χ1) is 25.4. The molecule has 0 spiro atoms. The van der Waals surface area contributed by atoms with Crippen molar-refractivity contribution in [1.82, 2.24) is 19.9 Å². The molecule has 2 aromatic heterocycles. The molecule has 0 saturated carbocycles. The summed E-state index contributed by atoms with van der Waals surface area (Å²) in [4.78, 5) is 19.8. The third-order valence-electron chi connectivity index (χ3n) is 10.2. The highest BCUT2D eigenvalue weighted by Crippen LogP contribution is 2.49. The molecule has 0 atom stereocenters. The quantitative estimate of drug-likeness (QED) is 0.177. The molecule has 0 aliphatic heterocycles. The molecule has 6 aromatic carbocycles. The van der Waals surface area contributed by atoms with E-state index in [0.717, 1.165) is 55.8 Å². The van der Waals surface area contributed by atoms with E-state index in [4.69, 9.17) is 15.0 Å². The van der Waals surface area contributed by atoms with Crippen LogP contribution in [-0.4, -0.2) is 19.9 Å². The molecule has 8 aromatic rings. The molecule has 0 radical (unpaired) electrons. The van der Waals surface area contributed by atoms with Crippen molar-refractivity contribution in [3.63, 3.8) is 0 Å². The van der Waals surface area contributed by atoms with Crippen LogP contribution in [-0.2, 0) is 5.41 Å². The van der Waals surface area contributed by atoms with Gasteiger partial charge in [0.05, 0.1) is 0 Å². The van der Waals surface area contributed by atoms with Crippen LogP contribution in [0.15, 0.2) is 164 Å². The largest absolute Gasteiger partial charge is 0.261 e. The smallest absolute Gasteiger partial charge is 0.164 e. The Balaban J connectivity index is 1.25. The number of rotatable bonds is 6. The lowest BCUT2D eigenvalue weighted by Crippen LogP contribution is -2.14. The molecule has 9 rings (SSSR count). The highest BCUT2D eigenvalue weighted by Gasteiger charge is 2.35. The van der Waals surface area contributed by atoms with Gasteiger partial charge in [0, 0.05) is 39.6 Å². The average Bonchev–Trinajstić information content (AvgIpc) is 3.44. The first-order valence-electron chi connectivity index (χ1n) is 17.7. The monoisotopic (exact) mass is 668 g/mol. The summed E-state index contributed by atoms with van der Waals surface area (Å²) in [7, 11) is 0. The van der Waals surface area contributed by atoms with E-state index in [1.54, 1.807) is 0 Å². The topological polar surface area (TPSA) is 51.6 Å².